The van der Waals surface area contributed by atoms with Gasteiger partial charge in [0, 0.05) is 49.4 Å². The Labute approximate surface area is 161 Å². The van der Waals surface area contributed by atoms with E-state index in [1.807, 2.05) is 0 Å². The lowest BCUT2D eigenvalue weighted by molar-refractivity contribution is -0.385. The Hall–Kier alpha value is -2.15. The maximum Gasteiger partial charge on any atom is 0.273 e. The highest BCUT2D eigenvalue weighted by atomic mass is 35.5. The lowest BCUT2D eigenvalue weighted by Gasteiger charge is -2.34. The summed E-state index contributed by atoms with van der Waals surface area (Å²) in [7, 11) is 0. The number of carbonyl (C=O) groups is 1. The van der Waals surface area contributed by atoms with Crippen LogP contribution in [0, 0.1) is 10.1 Å². The number of hydrogen-bond acceptors (Lipinski definition) is 4. The van der Waals surface area contributed by atoms with Crippen LogP contribution in [-0.4, -0.2) is 46.8 Å². The van der Waals surface area contributed by atoms with Crippen LogP contribution in [0.3, 0.4) is 0 Å². The number of nitro groups is 1. The summed E-state index contributed by atoms with van der Waals surface area (Å²) in [4.78, 5) is 27.3. The summed E-state index contributed by atoms with van der Waals surface area (Å²) in [5.74, 6) is -0.150. The van der Waals surface area contributed by atoms with Crippen molar-refractivity contribution >= 4 is 34.8 Å². The molecule has 0 radical (unpaired) electrons. The molecule has 0 saturated carbocycles. The molecule has 3 rings (SSSR count). The molecular formula is C18H17Cl2N3O3. The van der Waals surface area contributed by atoms with Crippen molar-refractivity contribution in [3.8, 4) is 0 Å². The molecule has 1 aliphatic heterocycles. The van der Waals surface area contributed by atoms with Crippen LogP contribution in [0.2, 0.25) is 10.0 Å². The van der Waals surface area contributed by atoms with Gasteiger partial charge >= 0.3 is 0 Å². The summed E-state index contributed by atoms with van der Waals surface area (Å²) in [6.45, 7) is 2.81. The van der Waals surface area contributed by atoms with Gasteiger partial charge in [0.2, 0.25) is 0 Å². The number of piperazine rings is 1. The molecule has 1 saturated heterocycles. The molecule has 136 valence electrons. The van der Waals surface area contributed by atoms with Crippen molar-refractivity contribution in [2.24, 2.45) is 0 Å². The van der Waals surface area contributed by atoms with Crippen LogP contribution in [0.5, 0.6) is 0 Å². The third-order valence-electron chi connectivity index (χ3n) is 4.40. The molecule has 1 fully saturated rings. The van der Waals surface area contributed by atoms with Gasteiger partial charge in [-0.1, -0.05) is 41.4 Å². The minimum absolute atomic E-state index is 0.122. The first-order valence-corrected chi connectivity index (χ1v) is 8.90. The van der Waals surface area contributed by atoms with Gasteiger partial charge in [-0.2, -0.15) is 0 Å². The van der Waals surface area contributed by atoms with Crippen LogP contribution in [0.1, 0.15) is 15.9 Å². The summed E-state index contributed by atoms with van der Waals surface area (Å²) >= 11 is 12.1. The third-order valence-corrected chi connectivity index (χ3v) is 4.97. The predicted octanol–water partition coefficient (Wildman–Crippen LogP) is 3.86. The normalized spacial score (nSPS) is 15.1. The molecule has 0 atom stereocenters. The molecule has 6 nitrogen and oxygen atoms in total. The Morgan fingerprint density at radius 2 is 1.77 bits per heavy atom. The van der Waals surface area contributed by atoms with Crippen molar-refractivity contribution in [2.45, 2.75) is 6.54 Å². The van der Waals surface area contributed by atoms with Gasteiger partial charge in [-0.05, 0) is 18.2 Å². The zero-order chi connectivity index (χ0) is 18.7. The van der Waals surface area contributed by atoms with E-state index in [0.29, 0.717) is 53.9 Å². The predicted molar refractivity (Wildman–Crippen MR) is 101 cm³/mol. The van der Waals surface area contributed by atoms with E-state index in [9.17, 15) is 14.9 Å². The number of hydrogen-bond donors (Lipinski definition) is 0. The summed E-state index contributed by atoms with van der Waals surface area (Å²) in [6.07, 6.45) is 0. The number of nitro benzene ring substituents is 1. The lowest BCUT2D eigenvalue weighted by Crippen LogP contribution is -2.48. The van der Waals surface area contributed by atoms with Crippen molar-refractivity contribution in [3.05, 3.63) is 73.8 Å². The van der Waals surface area contributed by atoms with Crippen molar-refractivity contribution in [3.63, 3.8) is 0 Å². The highest BCUT2D eigenvalue weighted by Crippen LogP contribution is 2.24. The van der Waals surface area contributed by atoms with E-state index in [1.165, 1.54) is 6.07 Å². The van der Waals surface area contributed by atoms with Crippen molar-refractivity contribution in [1.29, 1.82) is 0 Å². The van der Waals surface area contributed by atoms with Crippen LogP contribution >= 0.6 is 23.2 Å². The van der Waals surface area contributed by atoms with Gasteiger partial charge in [-0.15, -0.1) is 0 Å². The number of halogens is 2. The molecule has 1 amide bonds. The molecule has 0 N–H and O–H groups in total. The largest absolute Gasteiger partial charge is 0.336 e. The first-order valence-electron chi connectivity index (χ1n) is 8.14. The van der Waals surface area contributed by atoms with Crippen molar-refractivity contribution < 1.29 is 9.72 Å². The quantitative estimate of drug-likeness (QED) is 0.584. The third kappa shape index (κ3) is 4.15. The van der Waals surface area contributed by atoms with Gasteiger partial charge in [-0.3, -0.25) is 19.8 Å². The average molecular weight is 394 g/mol. The number of benzene rings is 2. The maximum atomic E-state index is 12.7. The minimum Gasteiger partial charge on any atom is -0.336 e. The lowest BCUT2D eigenvalue weighted by atomic mass is 10.1. The number of nitrogens with zero attached hydrogens (tertiary/aromatic N) is 3. The molecule has 8 heteroatoms. The first-order chi connectivity index (χ1) is 12.5. The van der Waals surface area contributed by atoms with Gasteiger partial charge in [0.05, 0.1) is 15.5 Å². The molecule has 2 aromatic rings. The fraction of sp³-hybridized carbons (Fsp3) is 0.278. The van der Waals surface area contributed by atoms with E-state index >= 15 is 0 Å². The number of amides is 1. The molecule has 0 bridgehead atoms. The number of rotatable bonds is 4. The van der Waals surface area contributed by atoms with E-state index in [1.54, 1.807) is 41.3 Å². The smallest absolute Gasteiger partial charge is 0.273 e. The minimum atomic E-state index is -0.365. The van der Waals surface area contributed by atoms with Gasteiger partial charge in [0.15, 0.2) is 0 Å². The van der Waals surface area contributed by atoms with E-state index in [0.717, 1.165) is 0 Å². The molecule has 0 spiro atoms. The Kier molecular flexibility index (Phi) is 5.76. The summed E-state index contributed by atoms with van der Waals surface area (Å²) in [5, 5.41) is 12.0. The van der Waals surface area contributed by atoms with Crippen LogP contribution in [0.25, 0.3) is 0 Å². The zero-order valence-corrected chi connectivity index (χ0v) is 15.4. The monoisotopic (exact) mass is 393 g/mol. The van der Waals surface area contributed by atoms with Gasteiger partial charge in [0.25, 0.3) is 11.6 Å². The first kappa shape index (κ1) is 18.6. The molecular weight excluding hydrogens is 377 g/mol. The summed E-state index contributed by atoms with van der Waals surface area (Å²) in [6, 6.07) is 11.6. The fourth-order valence-electron chi connectivity index (χ4n) is 3.00. The topological polar surface area (TPSA) is 66.7 Å². The SMILES string of the molecule is O=C(c1cc(Cl)ccc1Cl)N1CCN(Cc2ccccc2[N+](=O)[O-])CC1. The standard InChI is InChI=1S/C18H17Cl2N3O3/c19-14-5-6-16(20)15(11-14)18(24)22-9-7-21(8-10-22)12-13-3-1-2-4-17(13)23(25)26/h1-6,11H,7-10,12H2. The fourth-order valence-corrected chi connectivity index (χ4v) is 3.37. The number of carbonyl (C=O) groups excluding carboxylic acids is 1. The number of para-hydroxylation sites is 1. The second kappa shape index (κ2) is 8.03. The molecule has 0 aliphatic carbocycles. The van der Waals surface area contributed by atoms with Crippen LogP contribution in [0.4, 0.5) is 5.69 Å². The second-order valence-corrected chi connectivity index (χ2v) is 6.92. The van der Waals surface area contributed by atoms with Gasteiger partial charge in [0.1, 0.15) is 0 Å². The van der Waals surface area contributed by atoms with Gasteiger partial charge < -0.3 is 4.90 Å². The molecule has 2 aromatic carbocycles. The van der Waals surface area contributed by atoms with Crippen LogP contribution in [-0.2, 0) is 6.54 Å². The molecule has 0 aromatic heterocycles. The van der Waals surface area contributed by atoms with Crippen LogP contribution in [0.15, 0.2) is 42.5 Å². The molecule has 1 heterocycles. The molecule has 0 unspecified atom stereocenters. The summed E-state index contributed by atoms with van der Waals surface area (Å²) in [5.41, 5.74) is 1.19. The van der Waals surface area contributed by atoms with Gasteiger partial charge in [-0.25, -0.2) is 0 Å². The molecule has 26 heavy (non-hydrogen) atoms. The zero-order valence-electron chi connectivity index (χ0n) is 13.9. The summed E-state index contributed by atoms with van der Waals surface area (Å²) < 4.78 is 0. The average Bonchev–Trinajstić information content (AvgIpc) is 2.64. The van der Waals surface area contributed by atoms with Crippen molar-refractivity contribution in [2.75, 3.05) is 26.2 Å². The highest BCUT2D eigenvalue weighted by Gasteiger charge is 2.25. The Balaban J connectivity index is 1.64. The Morgan fingerprint density at radius 3 is 2.46 bits per heavy atom. The highest BCUT2D eigenvalue weighted by molar-refractivity contribution is 6.35. The molecule has 1 aliphatic rings. The van der Waals surface area contributed by atoms with Crippen LogP contribution < -0.4 is 0 Å². The van der Waals surface area contributed by atoms with E-state index in [-0.39, 0.29) is 16.5 Å². The van der Waals surface area contributed by atoms with E-state index in [4.69, 9.17) is 23.2 Å². The van der Waals surface area contributed by atoms with E-state index < -0.39 is 0 Å². The van der Waals surface area contributed by atoms with Crippen molar-refractivity contribution in [1.82, 2.24) is 9.80 Å². The Bertz CT molecular complexity index is 836. The van der Waals surface area contributed by atoms with E-state index in [2.05, 4.69) is 4.90 Å². The Morgan fingerprint density at radius 1 is 1.08 bits per heavy atom. The maximum absolute atomic E-state index is 12.7. The second-order valence-electron chi connectivity index (χ2n) is 6.08.